The van der Waals surface area contributed by atoms with Crippen LogP contribution in [-0.4, -0.2) is 10.2 Å². The van der Waals surface area contributed by atoms with Crippen molar-refractivity contribution >= 4 is 11.4 Å². The van der Waals surface area contributed by atoms with Gasteiger partial charge in [-0.05, 0) is 0 Å². The molecule has 10 N–H and O–H groups in total. The summed E-state index contributed by atoms with van der Waals surface area (Å²) in [6.07, 6.45) is 0. The highest BCUT2D eigenvalue weighted by atomic mass is 16.6. The van der Waals surface area contributed by atoms with Crippen LogP contribution < -0.4 is 32.4 Å². The van der Waals surface area contributed by atoms with Crippen molar-refractivity contribution < 1.29 is 19.7 Å². The first-order valence-electron chi connectivity index (χ1n) is 4.17. The number of rotatable bonds is 0. The van der Waals surface area contributed by atoms with Crippen molar-refractivity contribution in [2.45, 2.75) is 0 Å². The van der Waals surface area contributed by atoms with E-state index < -0.39 is 11.5 Å². The van der Waals surface area contributed by atoms with E-state index in [2.05, 4.69) is 0 Å². The summed E-state index contributed by atoms with van der Waals surface area (Å²) in [6, 6.07) is 0. The van der Waals surface area contributed by atoms with E-state index in [4.69, 9.17) is 32.4 Å². The molecular formula is C8H10N4O4. The normalized spacial score (nSPS) is 14.0. The van der Waals surface area contributed by atoms with Crippen LogP contribution >= 0.6 is 0 Å². The number of phenols is 2. The number of nitrogens with two attached hydrogens (primary N) is 4. The summed E-state index contributed by atoms with van der Waals surface area (Å²) in [5.41, 5.74) is 21.2. The van der Waals surface area contributed by atoms with Gasteiger partial charge in [-0.15, -0.1) is 0 Å². The topological polar surface area (TPSA) is 163 Å². The highest BCUT2D eigenvalue weighted by Crippen LogP contribution is 2.53. The summed E-state index contributed by atoms with van der Waals surface area (Å²) in [5, 5.41) is 18.8. The van der Waals surface area contributed by atoms with Crippen LogP contribution in [-0.2, 0) is 0 Å². The molecule has 0 aliphatic carbocycles. The van der Waals surface area contributed by atoms with E-state index in [0.29, 0.717) is 0 Å². The molecule has 0 saturated carbocycles. The number of aromatic hydroxyl groups is 2. The summed E-state index contributed by atoms with van der Waals surface area (Å²) in [5.74, 6) is -1.78. The Morgan fingerprint density at radius 1 is 0.688 bits per heavy atom. The minimum absolute atomic E-state index is 0.0838. The minimum atomic E-state index is -0.604. The molecule has 0 unspecified atom stereocenters. The Kier molecular flexibility index (Phi) is 1.81. The average Bonchev–Trinajstić information content (AvgIpc) is 2.26. The minimum Gasteiger partial charge on any atom is -0.503 e. The lowest BCUT2D eigenvalue weighted by Gasteiger charge is -2.22. The highest BCUT2D eigenvalue weighted by Gasteiger charge is 2.28. The van der Waals surface area contributed by atoms with Crippen LogP contribution in [0.1, 0.15) is 0 Å². The first-order chi connectivity index (χ1) is 7.43. The summed E-state index contributed by atoms with van der Waals surface area (Å²) < 4.78 is 10.0. The first-order valence-corrected chi connectivity index (χ1v) is 4.17. The number of hydrogen-bond acceptors (Lipinski definition) is 8. The number of nitrogen functional groups attached to an aromatic ring is 2. The summed E-state index contributed by atoms with van der Waals surface area (Å²) in [4.78, 5) is 0. The smallest absolute Gasteiger partial charge is 0.252 e. The number of benzene rings is 1. The van der Waals surface area contributed by atoms with Crippen molar-refractivity contribution in [3.8, 4) is 23.0 Å². The maximum Gasteiger partial charge on any atom is 0.252 e. The number of ether oxygens (including phenoxy) is 2. The number of fused-ring (bicyclic) bond motifs is 1. The van der Waals surface area contributed by atoms with Crippen molar-refractivity contribution in [3.05, 3.63) is 11.8 Å². The van der Waals surface area contributed by atoms with Crippen molar-refractivity contribution in [2.24, 2.45) is 11.5 Å². The van der Waals surface area contributed by atoms with E-state index in [1.165, 1.54) is 0 Å². The zero-order valence-electron chi connectivity index (χ0n) is 8.02. The van der Waals surface area contributed by atoms with Crippen LogP contribution in [0.3, 0.4) is 0 Å². The zero-order chi connectivity index (χ0) is 12.0. The van der Waals surface area contributed by atoms with Crippen LogP contribution in [0.15, 0.2) is 11.8 Å². The number of anilines is 2. The molecule has 16 heavy (non-hydrogen) atoms. The Labute approximate surface area is 89.6 Å². The van der Waals surface area contributed by atoms with Crippen molar-refractivity contribution in [1.29, 1.82) is 0 Å². The van der Waals surface area contributed by atoms with Crippen molar-refractivity contribution in [3.63, 3.8) is 0 Å². The van der Waals surface area contributed by atoms with Gasteiger partial charge in [0.2, 0.25) is 11.5 Å². The van der Waals surface area contributed by atoms with E-state index in [1.54, 1.807) is 0 Å². The molecule has 8 nitrogen and oxygen atoms in total. The summed E-state index contributed by atoms with van der Waals surface area (Å²) in [7, 11) is 0. The lowest BCUT2D eigenvalue weighted by Crippen LogP contribution is -2.24. The van der Waals surface area contributed by atoms with E-state index in [9.17, 15) is 10.2 Å². The second-order valence-corrected chi connectivity index (χ2v) is 3.12. The van der Waals surface area contributed by atoms with Crippen molar-refractivity contribution in [2.75, 3.05) is 11.5 Å². The lowest BCUT2D eigenvalue weighted by atomic mass is 10.2. The molecule has 2 rings (SSSR count). The van der Waals surface area contributed by atoms with Gasteiger partial charge in [0.25, 0.3) is 11.8 Å². The third-order valence-corrected chi connectivity index (χ3v) is 2.10. The molecular weight excluding hydrogens is 216 g/mol. The van der Waals surface area contributed by atoms with Crippen molar-refractivity contribution in [1.82, 2.24) is 0 Å². The second-order valence-electron chi connectivity index (χ2n) is 3.12. The Morgan fingerprint density at radius 2 is 1.00 bits per heavy atom. The SMILES string of the molecule is NC1=C(N)Oc2c(N)c(O)c(O)c(N)c2O1. The maximum absolute atomic E-state index is 9.42. The van der Waals surface area contributed by atoms with Crippen LogP contribution in [0.2, 0.25) is 0 Å². The maximum atomic E-state index is 9.42. The molecule has 86 valence electrons. The molecule has 0 saturated heterocycles. The second kappa shape index (κ2) is 2.92. The molecule has 0 spiro atoms. The fraction of sp³-hybridized carbons (Fsp3) is 0. The van der Waals surface area contributed by atoms with Crippen LogP contribution in [0, 0.1) is 0 Å². The van der Waals surface area contributed by atoms with Gasteiger partial charge in [-0.25, -0.2) is 0 Å². The molecule has 1 aliphatic rings. The average molecular weight is 226 g/mol. The van der Waals surface area contributed by atoms with Crippen LogP contribution in [0.5, 0.6) is 23.0 Å². The third kappa shape index (κ3) is 1.10. The van der Waals surface area contributed by atoms with Gasteiger partial charge < -0.3 is 42.6 Å². The highest BCUT2D eigenvalue weighted by molar-refractivity contribution is 5.84. The monoisotopic (exact) mass is 226 g/mol. The molecule has 0 aromatic heterocycles. The van der Waals surface area contributed by atoms with E-state index >= 15 is 0 Å². The molecule has 1 aliphatic heterocycles. The lowest BCUT2D eigenvalue weighted by molar-refractivity contribution is 0.286. The molecule has 1 aromatic carbocycles. The van der Waals surface area contributed by atoms with Gasteiger partial charge in [-0.2, -0.15) is 0 Å². The van der Waals surface area contributed by atoms with Crippen LogP contribution in [0.25, 0.3) is 0 Å². The van der Waals surface area contributed by atoms with E-state index in [1.807, 2.05) is 0 Å². The van der Waals surface area contributed by atoms with Gasteiger partial charge in [0, 0.05) is 0 Å². The quantitative estimate of drug-likeness (QED) is 0.244. The number of phenolic OH excluding ortho intramolecular Hbond substituents is 2. The third-order valence-electron chi connectivity index (χ3n) is 2.10. The summed E-state index contributed by atoms with van der Waals surface area (Å²) >= 11 is 0. The van der Waals surface area contributed by atoms with Gasteiger partial charge >= 0.3 is 0 Å². The van der Waals surface area contributed by atoms with Gasteiger partial charge in [0.15, 0.2) is 11.5 Å². The van der Waals surface area contributed by atoms with Crippen LogP contribution in [0.4, 0.5) is 11.4 Å². The van der Waals surface area contributed by atoms with Gasteiger partial charge in [-0.3, -0.25) is 0 Å². The molecule has 1 heterocycles. The largest absolute Gasteiger partial charge is 0.503 e. The Morgan fingerprint density at radius 3 is 1.31 bits per heavy atom. The Balaban J connectivity index is 2.70. The molecule has 1 aromatic rings. The van der Waals surface area contributed by atoms with Gasteiger partial charge in [-0.1, -0.05) is 0 Å². The Hall–Kier alpha value is -2.64. The van der Waals surface area contributed by atoms with Gasteiger partial charge in [0.1, 0.15) is 11.4 Å². The predicted octanol–water partition coefficient (Wildman–Crippen LogP) is -0.923. The standard InChI is InChI=1S/C8H10N4O4/c9-1-3(13)4(14)2(10)6-5(1)15-7(11)8(12)16-6/h13-14H,9-12H2. The first kappa shape index (κ1) is 9.90. The fourth-order valence-electron chi connectivity index (χ4n) is 1.24. The predicted molar refractivity (Wildman–Crippen MR) is 55.3 cm³/mol. The molecule has 0 fully saturated rings. The Bertz CT molecular complexity index is 466. The molecule has 0 radical (unpaired) electrons. The molecule has 0 amide bonds. The summed E-state index contributed by atoms with van der Waals surface area (Å²) in [6.45, 7) is 0. The van der Waals surface area contributed by atoms with Gasteiger partial charge in [0.05, 0.1) is 0 Å². The molecule has 0 atom stereocenters. The fourth-order valence-corrected chi connectivity index (χ4v) is 1.24. The van der Waals surface area contributed by atoms with E-state index in [0.717, 1.165) is 0 Å². The number of hydrogen-bond donors (Lipinski definition) is 6. The molecule has 8 heteroatoms. The zero-order valence-corrected chi connectivity index (χ0v) is 8.02. The van der Waals surface area contributed by atoms with E-state index in [-0.39, 0.29) is 34.6 Å². The molecule has 0 bridgehead atoms.